The Bertz CT molecular complexity index is 1030. The number of methoxy groups -OCH3 is 2. The summed E-state index contributed by atoms with van der Waals surface area (Å²) in [5, 5.41) is 0.724. The Balaban J connectivity index is 1.55. The number of halogens is 1. The van der Waals surface area contributed by atoms with Crippen molar-refractivity contribution in [2.24, 2.45) is 0 Å². The lowest BCUT2D eigenvalue weighted by atomic mass is 9.96. The summed E-state index contributed by atoms with van der Waals surface area (Å²) in [6.45, 7) is 2.75. The summed E-state index contributed by atoms with van der Waals surface area (Å²) in [5.74, 6) is 0.988. The molecule has 0 aliphatic carbocycles. The van der Waals surface area contributed by atoms with E-state index in [1.807, 2.05) is 29.2 Å². The first-order chi connectivity index (χ1) is 15.6. The molecule has 1 aliphatic rings. The Kier molecular flexibility index (Phi) is 6.98. The zero-order valence-corrected chi connectivity index (χ0v) is 19.1. The number of hydrogen-bond donors (Lipinski definition) is 0. The zero-order valence-electron chi connectivity index (χ0n) is 18.3. The highest BCUT2D eigenvalue weighted by Gasteiger charge is 2.30. The van der Waals surface area contributed by atoms with Crippen molar-refractivity contribution in [3.63, 3.8) is 0 Å². The van der Waals surface area contributed by atoms with Crippen LogP contribution in [-0.2, 0) is 0 Å². The van der Waals surface area contributed by atoms with Crippen molar-refractivity contribution < 1.29 is 14.3 Å². The Morgan fingerprint density at radius 2 is 1.34 bits per heavy atom. The normalized spacial score (nSPS) is 15.3. The van der Waals surface area contributed by atoms with Crippen LogP contribution in [0.2, 0.25) is 5.02 Å². The number of carbonyl (C=O) groups is 1. The number of ether oxygens (including phenoxy) is 2. The van der Waals surface area contributed by atoms with E-state index in [1.165, 1.54) is 11.1 Å². The van der Waals surface area contributed by atoms with Gasteiger partial charge < -0.3 is 14.4 Å². The van der Waals surface area contributed by atoms with E-state index in [1.54, 1.807) is 26.4 Å². The van der Waals surface area contributed by atoms with E-state index >= 15 is 0 Å². The SMILES string of the molecule is COc1cccc(OC)c1C(=O)N1CCN(C(c2ccccc2)c2ccc(Cl)cc2)CC1. The summed E-state index contributed by atoms with van der Waals surface area (Å²) in [7, 11) is 3.14. The molecule has 6 heteroatoms. The van der Waals surface area contributed by atoms with E-state index in [4.69, 9.17) is 21.1 Å². The van der Waals surface area contributed by atoms with Gasteiger partial charge in [-0.05, 0) is 35.4 Å². The molecular weight excluding hydrogens is 424 g/mol. The molecular formula is C26H27ClN2O3. The van der Waals surface area contributed by atoms with Gasteiger partial charge in [-0.3, -0.25) is 9.69 Å². The van der Waals surface area contributed by atoms with Gasteiger partial charge in [-0.1, -0.05) is 60.1 Å². The molecule has 0 radical (unpaired) electrons. The number of rotatable bonds is 6. The van der Waals surface area contributed by atoms with Gasteiger partial charge in [0.1, 0.15) is 17.1 Å². The van der Waals surface area contributed by atoms with Crippen LogP contribution in [0.3, 0.4) is 0 Å². The summed E-state index contributed by atoms with van der Waals surface area (Å²) in [5.41, 5.74) is 2.89. The van der Waals surface area contributed by atoms with Crippen LogP contribution in [0.25, 0.3) is 0 Å². The minimum Gasteiger partial charge on any atom is -0.496 e. The van der Waals surface area contributed by atoms with Gasteiger partial charge in [-0.15, -0.1) is 0 Å². The first-order valence-electron chi connectivity index (χ1n) is 10.7. The first kappa shape index (κ1) is 22.2. The second-order valence-electron chi connectivity index (χ2n) is 7.73. The quantitative estimate of drug-likeness (QED) is 0.535. The van der Waals surface area contributed by atoms with Crippen LogP contribution in [0.1, 0.15) is 27.5 Å². The Hall–Kier alpha value is -3.02. The Morgan fingerprint density at radius 1 is 0.781 bits per heavy atom. The fourth-order valence-corrected chi connectivity index (χ4v) is 4.42. The second kappa shape index (κ2) is 10.1. The van der Waals surface area contributed by atoms with Crippen molar-refractivity contribution in [2.75, 3.05) is 40.4 Å². The molecule has 1 saturated heterocycles. The Morgan fingerprint density at radius 3 is 1.91 bits per heavy atom. The highest BCUT2D eigenvalue weighted by molar-refractivity contribution is 6.30. The predicted molar refractivity (Wildman–Crippen MR) is 127 cm³/mol. The highest BCUT2D eigenvalue weighted by atomic mass is 35.5. The summed E-state index contributed by atoms with van der Waals surface area (Å²) in [6.07, 6.45) is 0. The van der Waals surface area contributed by atoms with Gasteiger partial charge in [0.25, 0.3) is 5.91 Å². The van der Waals surface area contributed by atoms with Gasteiger partial charge in [-0.2, -0.15) is 0 Å². The molecule has 1 fully saturated rings. The molecule has 0 N–H and O–H groups in total. The molecule has 0 bridgehead atoms. The van der Waals surface area contributed by atoms with Crippen LogP contribution < -0.4 is 9.47 Å². The zero-order chi connectivity index (χ0) is 22.5. The number of amides is 1. The molecule has 1 atom stereocenters. The number of hydrogen-bond acceptors (Lipinski definition) is 4. The van der Waals surface area contributed by atoms with Crippen LogP contribution in [0.4, 0.5) is 0 Å². The fourth-order valence-electron chi connectivity index (χ4n) is 4.30. The lowest BCUT2D eigenvalue weighted by molar-refractivity contribution is 0.0591. The van der Waals surface area contributed by atoms with Crippen LogP contribution in [0, 0.1) is 0 Å². The first-order valence-corrected chi connectivity index (χ1v) is 11.0. The summed E-state index contributed by atoms with van der Waals surface area (Å²) >= 11 is 6.13. The number of benzene rings is 3. The predicted octanol–water partition coefficient (Wildman–Crippen LogP) is 4.90. The van der Waals surface area contributed by atoms with Crippen molar-refractivity contribution in [1.82, 2.24) is 9.80 Å². The fraction of sp³-hybridized carbons (Fsp3) is 0.269. The van der Waals surface area contributed by atoms with Gasteiger partial charge in [0.15, 0.2) is 0 Å². The average molecular weight is 451 g/mol. The summed E-state index contributed by atoms with van der Waals surface area (Å²) in [4.78, 5) is 17.6. The van der Waals surface area contributed by atoms with Gasteiger partial charge in [-0.25, -0.2) is 0 Å². The van der Waals surface area contributed by atoms with Crippen molar-refractivity contribution in [3.05, 3.63) is 94.5 Å². The van der Waals surface area contributed by atoms with E-state index in [-0.39, 0.29) is 11.9 Å². The van der Waals surface area contributed by atoms with Crippen molar-refractivity contribution in [2.45, 2.75) is 6.04 Å². The van der Waals surface area contributed by atoms with Crippen LogP contribution in [-0.4, -0.2) is 56.1 Å². The summed E-state index contributed by atoms with van der Waals surface area (Å²) in [6, 6.07) is 24.0. The molecule has 1 amide bonds. The minimum absolute atomic E-state index is 0.0679. The number of piperazine rings is 1. The molecule has 1 unspecified atom stereocenters. The largest absolute Gasteiger partial charge is 0.496 e. The van der Waals surface area contributed by atoms with E-state index in [0.717, 1.165) is 18.1 Å². The molecule has 1 heterocycles. The lowest BCUT2D eigenvalue weighted by Crippen LogP contribution is -2.50. The van der Waals surface area contributed by atoms with E-state index in [2.05, 4.69) is 41.3 Å². The smallest absolute Gasteiger partial charge is 0.261 e. The standard InChI is InChI=1S/C26H27ClN2O3/c1-31-22-9-6-10-23(32-2)24(22)26(30)29-17-15-28(16-18-29)25(19-7-4-3-5-8-19)20-11-13-21(27)14-12-20/h3-14,25H,15-18H2,1-2H3. The van der Waals surface area contributed by atoms with Gasteiger partial charge in [0.05, 0.1) is 20.3 Å². The van der Waals surface area contributed by atoms with Crippen LogP contribution in [0.5, 0.6) is 11.5 Å². The molecule has 0 aromatic heterocycles. The maximum absolute atomic E-state index is 13.3. The lowest BCUT2D eigenvalue weighted by Gasteiger charge is -2.40. The average Bonchev–Trinajstić information content (AvgIpc) is 2.85. The molecule has 32 heavy (non-hydrogen) atoms. The van der Waals surface area contributed by atoms with Gasteiger partial charge in [0.2, 0.25) is 0 Å². The molecule has 5 nitrogen and oxygen atoms in total. The molecule has 1 aliphatic heterocycles. The number of carbonyl (C=O) groups excluding carboxylic acids is 1. The molecule has 3 aromatic rings. The molecule has 0 saturated carbocycles. The van der Waals surface area contributed by atoms with Crippen molar-refractivity contribution in [3.8, 4) is 11.5 Å². The topological polar surface area (TPSA) is 42.0 Å². The van der Waals surface area contributed by atoms with E-state index < -0.39 is 0 Å². The summed E-state index contributed by atoms with van der Waals surface area (Å²) < 4.78 is 10.9. The molecule has 3 aromatic carbocycles. The van der Waals surface area contributed by atoms with Gasteiger partial charge >= 0.3 is 0 Å². The third-order valence-corrected chi connectivity index (χ3v) is 6.16. The van der Waals surface area contributed by atoms with Gasteiger partial charge in [0, 0.05) is 31.2 Å². The Labute approximate surface area is 194 Å². The molecule has 4 rings (SSSR count). The molecule has 166 valence electrons. The monoisotopic (exact) mass is 450 g/mol. The van der Waals surface area contributed by atoms with Crippen molar-refractivity contribution >= 4 is 17.5 Å². The van der Waals surface area contributed by atoms with Crippen LogP contribution in [0.15, 0.2) is 72.8 Å². The minimum atomic E-state index is -0.0679. The second-order valence-corrected chi connectivity index (χ2v) is 8.17. The third-order valence-electron chi connectivity index (χ3n) is 5.91. The van der Waals surface area contributed by atoms with E-state index in [9.17, 15) is 4.79 Å². The third kappa shape index (κ3) is 4.59. The maximum atomic E-state index is 13.3. The van der Waals surface area contributed by atoms with Crippen LogP contribution >= 0.6 is 11.6 Å². The van der Waals surface area contributed by atoms with Crippen molar-refractivity contribution in [1.29, 1.82) is 0 Å². The van der Waals surface area contributed by atoms with E-state index in [0.29, 0.717) is 30.2 Å². The number of nitrogens with zero attached hydrogens (tertiary/aromatic N) is 2. The highest BCUT2D eigenvalue weighted by Crippen LogP contribution is 2.33. The maximum Gasteiger partial charge on any atom is 0.261 e. The molecule has 0 spiro atoms.